The lowest BCUT2D eigenvalue weighted by Crippen LogP contribution is -2.50. The van der Waals surface area contributed by atoms with Gasteiger partial charge in [0.1, 0.15) is 5.58 Å². The number of aryl methyl sites for hydroxylation is 1. The minimum Gasteiger partial charge on any atom is -0.451 e. The number of benzene rings is 1. The van der Waals surface area contributed by atoms with Crippen molar-refractivity contribution in [1.82, 2.24) is 4.90 Å². The topological polar surface area (TPSA) is 79.7 Å². The average molecular weight is 367 g/mol. The summed E-state index contributed by atoms with van der Waals surface area (Å²) in [4.78, 5) is 14.3. The summed E-state index contributed by atoms with van der Waals surface area (Å²) in [6.07, 6.45) is 1.00. The minimum atomic E-state index is -0.841. The maximum Gasteiger partial charge on any atom is 0.289 e. The number of aliphatic hydroxyl groups is 1. The van der Waals surface area contributed by atoms with Crippen LogP contribution in [-0.4, -0.2) is 41.1 Å². The van der Waals surface area contributed by atoms with Crippen molar-refractivity contribution in [1.29, 1.82) is 0 Å². The number of amides is 1. The number of nitrogens with two attached hydrogens (primary N) is 1. The molecule has 0 radical (unpaired) electrons. The summed E-state index contributed by atoms with van der Waals surface area (Å²) in [6, 6.07) is 5.67. The van der Waals surface area contributed by atoms with E-state index < -0.39 is 5.60 Å². The van der Waals surface area contributed by atoms with Crippen LogP contribution in [0.15, 0.2) is 27.1 Å². The maximum atomic E-state index is 12.6. The fourth-order valence-corrected chi connectivity index (χ4v) is 3.46. The zero-order valence-corrected chi connectivity index (χ0v) is 14.0. The third-order valence-corrected chi connectivity index (χ3v) is 4.80. The minimum absolute atomic E-state index is 0.134. The molecule has 3 rings (SSSR count). The lowest BCUT2D eigenvalue weighted by molar-refractivity contribution is -0.0102. The lowest BCUT2D eigenvalue weighted by atomic mass is 9.91. The monoisotopic (exact) mass is 366 g/mol. The van der Waals surface area contributed by atoms with Crippen molar-refractivity contribution in [3.8, 4) is 0 Å². The van der Waals surface area contributed by atoms with Crippen LogP contribution in [0.5, 0.6) is 0 Å². The van der Waals surface area contributed by atoms with Gasteiger partial charge in [0.25, 0.3) is 5.91 Å². The van der Waals surface area contributed by atoms with E-state index in [-0.39, 0.29) is 12.5 Å². The van der Waals surface area contributed by atoms with Crippen LogP contribution in [0, 0.1) is 6.92 Å². The van der Waals surface area contributed by atoms with Crippen molar-refractivity contribution in [2.24, 2.45) is 5.73 Å². The number of halogens is 1. The predicted molar refractivity (Wildman–Crippen MR) is 87.8 cm³/mol. The standard InChI is InChI=1S/C16H19BrN2O3/c1-10-6-12(17)7-11-8-13(22-14(10)11)15(20)19-4-2-16(21,9-18)3-5-19/h6-8,21H,2-5,9,18H2,1H3. The number of rotatable bonds is 2. The zero-order valence-electron chi connectivity index (χ0n) is 12.4. The van der Waals surface area contributed by atoms with E-state index in [0.29, 0.717) is 31.7 Å². The smallest absolute Gasteiger partial charge is 0.289 e. The molecule has 1 aliphatic heterocycles. The van der Waals surface area contributed by atoms with Gasteiger partial charge in [-0.3, -0.25) is 4.79 Å². The highest BCUT2D eigenvalue weighted by atomic mass is 79.9. The number of carbonyl (C=O) groups is 1. The number of likely N-dealkylation sites (tertiary alicyclic amines) is 1. The van der Waals surface area contributed by atoms with E-state index in [0.717, 1.165) is 21.0 Å². The van der Waals surface area contributed by atoms with Gasteiger partial charge >= 0.3 is 0 Å². The molecule has 1 fully saturated rings. The molecular formula is C16H19BrN2O3. The molecule has 0 atom stereocenters. The van der Waals surface area contributed by atoms with Gasteiger partial charge in [-0.05, 0) is 43.5 Å². The van der Waals surface area contributed by atoms with E-state index in [4.69, 9.17) is 10.2 Å². The van der Waals surface area contributed by atoms with Crippen molar-refractivity contribution in [3.63, 3.8) is 0 Å². The summed E-state index contributed by atoms with van der Waals surface area (Å²) < 4.78 is 6.71. The number of piperidine rings is 1. The predicted octanol–water partition coefficient (Wildman–Crippen LogP) is 2.43. The maximum absolute atomic E-state index is 12.6. The fourth-order valence-electron chi connectivity index (χ4n) is 2.87. The van der Waals surface area contributed by atoms with Gasteiger partial charge in [0.2, 0.25) is 0 Å². The van der Waals surface area contributed by atoms with Crippen LogP contribution in [0.2, 0.25) is 0 Å². The quantitative estimate of drug-likeness (QED) is 0.855. The summed E-state index contributed by atoms with van der Waals surface area (Å²) >= 11 is 3.45. The molecule has 2 heterocycles. The first kappa shape index (κ1) is 15.5. The molecule has 3 N–H and O–H groups in total. The fraction of sp³-hybridized carbons (Fsp3) is 0.438. The van der Waals surface area contributed by atoms with Gasteiger partial charge in [-0.25, -0.2) is 0 Å². The zero-order chi connectivity index (χ0) is 15.9. The van der Waals surface area contributed by atoms with Crippen molar-refractivity contribution in [3.05, 3.63) is 34.0 Å². The Hall–Kier alpha value is -1.37. The van der Waals surface area contributed by atoms with Crippen LogP contribution in [-0.2, 0) is 0 Å². The molecule has 0 bridgehead atoms. The Morgan fingerprint density at radius 1 is 1.41 bits per heavy atom. The van der Waals surface area contributed by atoms with Gasteiger partial charge in [-0.15, -0.1) is 0 Å². The van der Waals surface area contributed by atoms with E-state index in [1.165, 1.54) is 0 Å². The summed E-state index contributed by atoms with van der Waals surface area (Å²) in [6.45, 7) is 3.17. The number of furan rings is 1. The Morgan fingerprint density at radius 3 is 2.73 bits per heavy atom. The Balaban J connectivity index is 1.83. The Morgan fingerprint density at radius 2 is 2.09 bits per heavy atom. The first-order valence-electron chi connectivity index (χ1n) is 7.33. The molecule has 1 aliphatic rings. The Bertz CT molecular complexity index is 717. The van der Waals surface area contributed by atoms with Crippen molar-refractivity contribution >= 4 is 32.8 Å². The molecule has 1 saturated heterocycles. The van der Waals surface area contributed by atoms with Crippen LogP contribution >= 0.6 is 15.9 Å². The van der Waals surface area contributed by atoms with Gasteiger partial charge in [-0.2, -0.15) is 0 Å². The molecule has 0 saturated carbocycles. The Labute approximate surface area is 137 Å². The van der Waals surface area contributed by atoms with E-state index in [9.17, 15) is 9.90 Å². The second-order valence-corrected chi connectivity index (χ2v) is 6.89. The molecule has 1 amide bonds. The van der Waals surface area contributed by atoms with E-state index >= 15 is 0 Å². The average Bonchev–Trinajstić information content (AvgIpc) is 2.91. The highest BCUT2D eigenvalue weighted by Crippen LogP contribution is 2.29. The summed E-state index contributed by atoms with van der Waals surface area (Å²) in [7, 11) is 0. The summed E-state index contributed by atoms with van der Waals surface area (Å²) in [5, 5.41) is 11.0. The molecule has 1 aromatic carbocycles. The highest BCUT2D eigenvalue weighted by Gasteiger charge is 2.33. The normalized spacial score (nSPS) is 17.9. The molecular weight excluding hydrogens is 348 g/mol. The van der Waals surface area contributed by atoms with E-state index in [1.807, 2.05) is 19.1 Å². The second kappa shape index (κ2) is 5.68. The molecule has 22 heavy (non-hydrogen) atoms. The summed E-state index contributed by atoms with van der Waals surface area (Å²) in [5.74, 6) is 0.209. The van der Waals surface area contributed by atoms with Crippen molar-refractivity contribution < 1.29 is 14.3 Å². The van der Waals surface area contributed by atoms with Gasteiger partial charge < -0.3 is 20.2 Å². The molecule has 0 spiro atoms. The van der Waals surface area contributed by atoms with Crippen molar-refractivity contribution in [2.45, 2.75) is 25.4 Å². The number of hydrogen-bond donors (Lipinski definition) is 2. The first-order valence-corrected chi connectivity index (χ1v) is 8.12. The van der Waals surface area contributed by atoms with Crippen molar-refractivity contribution in [2.75, 3.05) is 19.6 Å². The van der Waals surface area contributed by atoms with Gasteiger partial charge in [0, 0.05) is 29.5 Å². The second-order valence-electron chi connectivity index (χ2n) is 5.97. The van der Waals surface area contributed by atoms with Gasteiger partial charge in [0.05, 0.1) is 5.60 Å². The number of nitrogens with zero attached hydrogens (tertiary/aromatic N) is 1. The summed E-state index contributed by atoms with van der Waals surface area (Å²) in [5.41, 5.74) is 6.46. The number of hydrogen-bond acceptors (Lipinski definition) is 4. The molecule has 0 unspecified atom stereocenters. The van der Waals surface area contributed by atoms with Crippen LogP contribution in [0.1, 0.15) is 29.0 Å². The SMILES string of the molecule is Cc1cc(Br)cc2cc(C(=O)N3CCC(O)(CN)CC3)oc12. The van der Waals surface area contributed by atoms with E-state index in [1.54, 1.807) is 11.0 Å². The first-order chi connectivity index (χ1) is 10.4. The molecule has 2 aromatic rings. The number of fused-ring (bicyclic) bond motifs is 1. The third-order valence-electron chi connectivity index (χ3n) is 4.34. The number of carbonyl (C=O) groups excluding carboxylic acids is 1. The Kier molecular flexibility index (Phi) is 4.01. The lowest BCUT2D eigenvalue weighted by Gasteiger charge is -2.37. The highest BCUT2D eigenvalue weighted by molar-refractivity contribution is 9.10. The molecule has 5 nitrogen and oxygen atoms in total. The molecule has 6 heteroatoms. The molecule has 0 aliphatic carbocycles. The third kappa shape index (κ3) is 2.78. The van der Waals surface area contributed by atoms with Crippen LogP contribution in [0.4, 0.5) is 0 Å². The molecule has 118 valence electrons. The van der Waals surface area contributed by atoms with Gasteiger partial charge in [0.15, 0.2) is 5.76 Å². The van der Waals surface area contributed by atoms with Crippen LogP contribution in [0.25, 0.3) is 11.0 Å². The van der Waals surface area contributed by atoms with E-state index in [2.05, 4.69) is 15.9 Å². The van der Waals surface area contributed by atoms with Gasteiger partial charge in [-0.1, -0.05) is 15.9 Å². The van der Waals surface area contributed by atoms with Crippen LogP contribution < -0.4 is 5.73 Å². The van der Waals surface area contributed by atoms with Crippen LogP contribution in [0.3, 0.4) is 0 Å². The molecule has 1 aromatic heterocycles. The largest absolute Gasteiger partial charge is 0.451 e.